The molecule has 3 aromatic rings. The summed E-state index contributed by atoms with van der Waals surface area (Å²) >= 11 is 0. The molecule has 274 valence electrons. The molecule has 0 bridgehead atoms. The molecule has 1 amide bonds. The number of likely N-dealkylation sites (N-methyl/N-ethyl adjacent to an activating group) is 2. The third-order valence-corrected chi connectivity index (χ3v) is 11.1. The van der Waals surface area contributed by atoms with Gasteiger partial charge in [-0.2, -0.15) is 9.97 Å². The Morgan fingerprint density at radius 3 is 2.63 bits per heavy atom. The maximum atomic E-state index is 15.1. The molecular weight excluding hydrogens is 664 g/mol. The third kappa shape index (κ3) is 7.13. The normalized spacial score (nSPS) is 21.0. The lowest BCUT2D eigenvalue weighted by molar-refractivity contribution is -0.137. The van der Waals surface area contributed by atoms with Gasteiger partial charge in [0.05, 0.1) is 28.3 Å². The van der Waals surface area contributed by atoms with E-state index in [1.54, 1.807) is 36.9 Å². The molecule has 2 atom stereocenters. The Kier molecular flexibility index (Phi) is 10.4. The zero-order valence-corrected chi connectivity index (χ0v) is 30.7. The van der Waals surface area contributed by atoms with Gasteiger partial charge in [-0.3, -0.25) is 14.5 Å². The monoisotopic (exact) mass is 711 g/mol. The summed E-state index contributed by atoms with van der Waals surface area (Å²) in [7, 11) is 3.70. The van der Waals surface area contributed by atoms with Crippen LogP contribution in [0.5, 0.6) is 11.8 Å². The number of aromatic nitrogens is 2. The molecule has 2 heterocycles. The van der Waals surface area contributed by atoms with E-state index in [0.717, 1.165) is 36.8 Å². The van der Waals surface area contributed by atoms with Gasteiger partial charge in [-0.25, -0.2) is 8.78 Å². The fourth-order valence-electron chi connectivity index (χ4n) is 7.75. The summed E-state index contributed by atoms with van der Waals surface area (Å²) in [6, 6.07) is 6.51. The highest BCUT2D eigenvalue weighted by Crippen LogP contribution is 2.41. The molecule has 1 saturated heterocycles. The second-order valence-electron chi connectivity index (χ2n) is 15.0. The second kappa shape index (κ2) is 14.7. The molecule has 1 saturated carbocycles. The molecule has 0 spiro atoms. The number of nitrogens with zero attached hydrogens (tertiary/aromatic N) is 4. The van der Waals surface area contributed by atoms with Gasteiger partial charge in [-0.1, -0.05) is 45.3 Å². The van der Waals surface area contributed by atoms with Gasteiger partial charge in [0.1, 0.15) is 30.2 Å². The average molecular weight is 712 g/mol. The number of carbonyl (C=O) groups excluding carboxylic acids is 2. The number of anilines is 1. The van der Waals surface area contributed by atoms with E-state index in [-0.39, 0.29) is 36.0 Å². The van der Waals surface area contributed by atoms with Crippen LogP contribution in [-0.4, -0.2) is 82.7 Å². The van der Waals surface area contributed by atoms with E-state index >= 15 is 4.39 Å². The van der Waals surface area contributed by atoms with Crippen molar-refractivity contribution in [3.8, 4) is 24.1 Å². The highest BCUT2D eigenvalue weighted by Gasteiger charge is 2.42. The molecule has 2 fully saturated rings. The van der Waals surface area contributed by atoms with Crippen LogP contribution in [0.15, 0.2) is 36.9 Å². The highest BCUT2D eigenvalue weighted by atomic mass is 19.1. The molecule has 0 unspecified atom stereocenters. The van der Waals surface area contributed by atoms with E-state index in [4.69, 9.17) is 25.9 Å². The van der Waals surface area contributed by atoms with Crippen LogP contribution in [0.2, 0.25) is 0 Å². The predicted molar refractivity (Wildman–Crippen MR) is 199 cm³/mol. The number of rotatable bonds is 11. The fraction of sp³-hybridized carbons (Fsp3) is 0.463. The van der Waals surface area contributed by atoms with Crippen LogP contribution in [0.4, 0.5) is 14.6 Å². The van der Waals surface area contributed by atoms with E-state index < -0.39 is 23.1 Å². The minimum absolute atomic E-state index is 0.121. The maximum absolute atomic E-state index is 15.1. The number of hydrogen-bond donors (Lipinski definition) is 1. The first-order valence-corrected chi connectivity index (χ1v) is 18.0. The van der Waals surface area contributed by atoms with E-state index in [1.165, 1.54) is 12.1 Å². The standard InChI is InChI=1S/C41H47F2N5O4/c1-8-30-33(43)15-13-27-18-29(52-38(50)25(3)4)20-32(36(27)30)26-12-14-31-34(19-26)45-39(51-24-40(5)21-28(42)22-47(40)6)46-37(31)44-23-41(16-10-11-17-41)48(7)35(49)9-2/h1,9,13,15,18-20,25,28H,2,10-12,14,16-17,21-24H2,3-7H3,(H,44,45,46)/t28-,40+/m1/s1. The zero-order valence-electron chi connectivity index (χ0n) is 30.7. The van der Waals surface area contributed by atoms with Crippen LogP contribution in [0.25, 0.3) is 22.4 Å². The third-order valence-electron chi connectivity index (χ3n) is 11.1. The Morgan fingerprint density at radius 2 is 1.98 bits per heavy atom. The summed E-state index contributed by atoms with van der Waals surface area (Å²) in [5.74, 6) is 2.05. The summed E-state index contributed by atoms with van der Waals surface area (Å²) in [5.41, 5.74) is 2.09. The van der Waals surface area contributed by atoms with Crippen molar-refractivity contribution in [2.24, 2.45) is 5.92 Å². The van der Waals surface area contributed by atoms with Gasteiger partial charge in [-0.05, 0) is 86.5 Å². The topological polar surface area (TPSA) is 96.9 Å². The fourth-order valence-corrected chi connectivity index (χ4v) is 7.75. The molecule has 1 N–H and O–H groups in total. The molecule has 1 aliphatic heterocycles. The summed E-state index contributed by atoms with van der Waals surface area (Å²) < 4.78 is 41.5. The van der Waals surface area contributed by atoms with Crippen molar-refractivity contribution in [1.29, 1.82) is 0 Å². The van der Waals surface area contributed by atoms with Crippen LogP contribution >= 0.6 is 0 Å². The van der Waals surface area contributed by atoms with E-state index in [0.29, 0.717) is 65.9 Å². The number of carbonyl (C=O) groups is 2. The smallest absolute Gasteiger partial charge is 0.318 e. The van der Waals surface area contributed by atoms with Crippen LogP contribution in [0.3, 0.4) is 0 Å². The van der Waals surface area contributed by atoms with E-state index in [9.17, 15) is 14.0 Å². The summed E-state index contributed by atoms with van der Waals surface area (Å²) in [4.78, 5) is 38.8. The average Bonchev–Trinajstić information content (AvgIpc) is 3.71. The number of halogens is 2. The molecule has 52 heavy (non-hydrogen) atoms. The molecule has 9 nitrogen and oxygen atoms in total. The van der Waals surface area contributed by atoms with E-state index in [2.05, 4.69) is 17.8 Å². The number of benzene rings is 2. The number of esters is 1. The molecule has 2 aromatic carbocycles. The first-order valence-electron chi connectivity index (χ1n) is 18.0. The van der Waals surface area contributed by atoms with Gasteiger partial charge >= 0.3 is 12.0 Å². The van der Waals surface area contributed by atoms with Crippen molar-refractivity contribution in [2.75, 3.05) is 39.1 Å². The number of ether oxygens (including phenoxy) is 2. The Hall–Kier alpha value is -4.82. The second-order valence-corrected chi connectivity index (χ2v) is 15.0. The van der Waals surface area contributed by atoms with Crippen molar-refractivity contribution in [1.82, 2.24) is 19.8 Å². The molecule has 2 aliphatic carbocycles. The first kappa shape index (κ1) is 37.0. The molecule has 6 rings (SSSR count). The maximum Gasteiger partial charge on any atom is 0.318 e. The lowest BCUT2D eigenvalue weighted by Gasteiger charge is -2.39. The van der Waals surface area contributed by atoms with Crippen molar-refractivity contribution < 1.29 is 27.8 Å². The van der Waals surface area contributed by atoms with E-state index in [1.807, 2.05) is 32.0 Å². The first-order chi connectivity index (χ1) is 24.8. The summed E-state index contributed by atoms with van der Waals surface area (Å²) in [6.45, 7) is 10.1. The van der Waals surface area contributed by atoms with Crippen molar-refractivity contribution in [3.63, 3.8) is 0 Å². The number of allylic oxidation sites excluding steroid dienone is 1. The lowest BCUT2D eigenvalue weighted by atomic mass is 9.87. The summed E-state index contributed by atoms with van der Waals surface area (Å²) in [5, 5.41) is 4.75. The Bertz CT molecular complexity index is 1980. The number of nitrogens with one attached hydrogen (secondary N) is 1. The van der Waals surface area contributed by atoms with Gasteiger partial charge < -0.3 is 19.7 Å². The number of hydrogen-bond acceptors (Lipinski definition) is 8. The van der Waals surface area contributed by atoms with Crippen molar-refractivity contribution in [3.05, 3.63) is 65.1 Å². The highest BCUT2D eigenvalue weighted by molar-refractivity contribution is 6.02. The summed E-state index contributed by atoms with van der Waals surface area (Å²) in [6.07, 6.45) is 13.2. The van der Waals surface area contributed by atoms with Crippen LogP contribution in [0, 0.1) is 24.1 Å². The van der Waals surface area contributed by atoms with Gasteiger partial charge in [0.2, 0.25) is 5.91 Å². The quantitative estimate of drug-likeness (QED) is 0.0986. The number of terminal acetylenes is 1. The molecule has 0 radical (unpaired) electrons. The van der Waals surface area contributed by atoms with Gasteiger partial charge in [-0.15, -0.1) is 6.42 Å². The number of likely N-dealkylation sites (tertiary alicyclic amines) is 1. The Balaban J connectivity index is 1.44. The van der Waals surface area contributed by atoms with Crippen molar-refractivity contribution in [2.45, 2.75) is 83.0 Å². The molecule has 11 heteroatoms. The largest absolute Gasteiger partial charge is 0.461 e. The van der Waals surface area contributed by atoms with Crippen molar-refractivity contribution >= 4 is 40.1 Å². The minimum Gasteiger partial charge on any atom is -0.461 e. The van der Waals surface area contributed by atoms with Crippen LogP contribution in [0.1, 0.15) is 81.7 Å². The number of amides is 1. The Morgan fingerprint density at radius 1 is 1.23 bits per heavy atom. The predicted octanol–water partition coefficient (Wildman–Crippen LogP) is 6.98. The molecular formula is C41H47F2N5O4. The van der Waals surface area contributed by atoms with Gasteiger partial charge in [0.25, 0.3) is 0 Å². The zero-order chi connectivity index (χ0) is 37.4. The number of fused-ring (bicyclic) bond motifs is 2. The SMILES string of the molecule is C#Cc1c(F)ccc2cc(OC(=O)C(C)C)cc(C3=Cc4nc(OC[C@]5(C)C[C@@H](F)CN5C)nc(NCC5(N(C)C(=O)C=C)CCCC5)c4CC3)c12. The molecule has 3 aliphatic rings. The number of alkyl halides is 1. The van der Waals surface area contributed by atoms with Gasteiger partial charge in [0, 0.05) is 37.5 Å². The minimum atomic E-state index is -0.952. The van der Waals surface area contributed by atoms with Crippen LogP contribution in [-0.2, 0) is 16.0 Å². The van der Waals surface area contributed by atoms with Crippen LogP contribution < -0.4 is 14.8 Å². The molecule has 1 aromatic heterocycles. The lowest BCUT2D eigenvalue weighted by Crippen LogP contribution is -2.51. The van der Waals surface area contributed by atoms with Gasteiger partial charge in [0.15, 0.2) is 0 Å². The Labute approximate surface area is 304 Å².